The lowest BCUT2D eigenvalue weighted by Gasteiger charge is -2.11. The Hall–Kier alpha value is -5.91. The number of hydrogen-bond donors (Lipinski definition) is 0. The Balaban J connectivity index is 1.16. The molecular weight excluding hydrogens is 635 g/mol. The van der Waals surface area contributed by atoms with Gasteiger partial charge in [0.25, 0.3) is 0 Å². The summed E-state index contributed by atoms with van der Waals surface area (Å²) in [5.41, 5.74) is 2.29. The average Bonchev–Trinajstić information content (AvgIpc) is 3.07. The maximum atomic E-state index is 13.5. The first-order valence-electron chi connectivity index (χ1n) is 14.8. The summed E-state index contributed by atoms with van der Waals surface area (Å²) in [6, 6.07) is 26.0. The van der Waals surface area contributed by atoms with Crippen molar-refractivity contribution < 1.29 is 37.7 Å². The number of rotatable bonds is 10. The molecule has 0 radical (unpaired) electrons. The molecule has 0 N–H and O–H groups in total. The van der Waals surface area contributed by atoms with Gasteiger partial charge >= 0.3 is 17.9 Å². The molecular formula is C39H28ClFO7. The maximum absolute atomic E-state index is 13.5. The van der Waals surface area contributed by atoms with Crippen LogP contribution in [0.3, 0.4) is 0 Å². The number of fused-ring (bicyclic) bond motifs is 1. The number of esters is 3. The van der Waals surface area contributed by atoms with Crippen molar-refractivity contribution in [2.45, 2.75) is 13.3 Å². The van der Waals surface area contributed by atoms with Crippen molar-refractivity contribution in [2.24, 2.45) is 0 Å². The second kappa shape index (κ2) is 15.6. The zero-order chi connectivity index (χ0) is 34.0. The van der Waals surface area contributed by atoms with Crippen LogP contribution in [0.25, 0.3) is 10.8 Å². The molecule has 0 aromatic heterocycles. The van der Waals surface area contributed by atoms with Crippen molar-refractivity contribution in [3.63, 3.8) is 0 Å². The number of carbonyl (C=O) groups excluding carboxylic acids is 3. The van der Waals surface area contributed by atoms with E-state index in [1.54, 1.807) is 73.7 Å². The molecule has 0 fully saturated rings. The lowest BCUT2D eigenvalue weighted by Crippen LogP contribution is -2.11. The van der Waals surface area contributed by atoms with E-state index in [4.69, 9.17) is 30.5 Å². The molecule has 0 bridgehead atoms. The second-order valence-electron chi connectivity index (χ2n) is 10.5. The highest BCUT2D eigenvalue weighted by atomic mass is 35.5. The van der Waals surface area contributed by atoms with Crippen LogP contribution >= 0.6 is 11.6 Å². The Morgan fingerprint density at radius 1 is 0.750 bits per heavy atom. The summed E-state index contributed by atoms with van der Waals surface area (Å²) >= 11 is 5.87. The summed E-state index contributed by atoms with van der Waals surface area (Å²) in [7, 11) is 0. The third kappa shape index (κ3) is 9.09. The monoisotopic (exact) mass is 662 g/mol. The second-order valence-corrected chi connectivity index (χ2v) is 10.9. The van der Waals surface area contributed by atoms with Gasteiger partial charge in [-0.25, -0.2) is 18.8 Å². The molecule has 0 saturated heterocycles. The van der Waals surface area contributed by atoms with Gasteiger partial charge in [-0.05, 0) is 108 Å². The minimum Gasteiger partial charge on any atom is -0.493 e. The molecule has 7 nitrogen and oxygen atoms in total. The Morgan fingerprint density at radius 2 is 1.42 bits per heavy atom. The highest BCUT2D eigenvalue weighted by molar-refractivity contribution is 6.30. The van der Waals surface area contributed by atoms with Gasteiger partial charge < -0.3 is 18.9 Å². The molecule has 5 aromatic carbocycles. The van der Waals surface area contributed by atoms with E-state index in [1.165, 1.54) is 18.2 Å². The molecule has 240 valence electrons. The van der Waals surface area contributed by atoms with Crippen molar-refractivity contribution in [3.05, 3.63) is 148 Å². The quantitative estimate of drug-likeness (QED) is 0.0489. The highest BCUT2D eigenvalue weighted by Gasteiger charge is 2.15. The van der Waals surface area contributed by atoms with Gasteiger partial charge in [0, 0.05) is 28.6 Å². The highest BCUT2D eigenvalue weighted by Crippen LogP contribution is 2.25. The molecule has 0 aliphatic heterocycles. The summed E-state index contributed by atoms with van der Waals surface area (Å²) in [5, 5.41) is 1.95. The summed E-state index contributed by atoms with van der Waals surface area (Å²) in [5.74, 6) is 4.97. The van der Waals surface area contributed by atoms with E-state index in [0.29, 0.717) is 52.5 Å². The van der Waals surface area contributed by atoms with Crippen LogP contribution in [0.1, 0.15) is 43.8 Å². The average molecular weight is 663 g/mol. The molecule has 0 atom stereocenters. The first-order valence-corrected chi connectivity index (χ1v) is 15.1. The zero-order valence-electron chi connectivity index (χ0n) is 25.8. The van der Waals surface area contributed by atoms with Crippen molar-refractivity contribution in [2.75, 3.05) is 13.2 Å². The van der Waals surface area contributed by atoms with Gasteiger partial charge in [-0.1, -0.05) is 42.2 Å². The smallest absolute Gasteiger partial charge is 0.343 e. The predicted molar refractivity (Wildman–Crippen MR) is 180 cm³/mol. The Bertz CT molecular complexity index is 2060. The molecule has 0 heterocycles. The third-order valence-electron chi connectivity index (χ3n) is 6.91. The first kappa shape index (κ1) is 33.5. The number of aryl methyl sites for hydroxylation is 1. The fraction of sp³-hybridized carbons (Fsp3) is 0.103. The van der Waals surface area contributed by atoms with Crippen molar-refractivity contribution >= 4 is 40.3 Å². The Morgan fingerprint density at radius 3 is 2.17 bits per heavy atom. The molecule has 0 unspecified atom stereocenters. The van der Waals surface area contributed by atoms with Gasteiger partial charge in [0.2, 0.25) is 0 Å². The van der Waals surface area contributed by atoms with Crippen molar-refractivity contribution in [1.82, 2.24) is 0 Å². The van der Waals surface area contributed by atoms with Crippen LogP contribution in [0.5, 0.6) is 17.2 Å². The van der Waals surface area contributed by atoms with E-state index < -0.39 is 23.7 Å². The number of hydrogen-bond acceptors (Lipinski definition) is 7. The van der Waals surface area contributed by atoms with Crippen molar-refractivity contribution in [3.8, 4) is 29.1 Å². The molecule has 48 heavy (non-hydrogen) atoms. The van der Waals surface area contributed by atoms with Crippen LogP contribution in [0, 0.1) is 24.6 Å². The standard InChI is InChI=1S/C39H28ClFO7/c1-3-37(42)46-18-4-17-45-35-15-11-28-22-31(10-9-29(28)23-35)39(44)48-36-16-12-30(19-25(36)2)38(43)47-34-13-7-26(8-14-34)5-6-27-20-32(40)24-33(41)21-27/h3,7-16,19-24H,1,4,17-18H2,2H3. The molecule has 9 heteroatoms. The summed E-state index contributed by atoms with van der Waals surface area (Å²) in [4.78, 5) is 36.9. The van der Waals surface area contributed by atoms with Gasteiger partial charge in [0.05, 0.1) is 24.3 Å². The molecule has 0 amide bonds. The van der Waals surface area contributed by atoms with E-state index >= 15 is 0 Å². The molecule has 0 aliphatic rings. The predicted octanol–water partition coefficient (Wildman–Crippen LogP) is 8.28. The Labute approximate surface area is 281 Å². The van der Waals surface area contributed by atoms with E-state index in [-0.39, 0.29) is 17.2 Å². The number of carbonyl (C=O) groups is 3. The SMILES string of the molecule is C=CC(=O)OCCCOc1ccc2cc(C(=O)Oc3ccc(C(=O)Oc4ccc(C#Cc5cc(F)cc(Cl)c5)cc4)cc3C)ccc2c1. The minimum absolute atomic E-state index is 0.236. The van der Waals surface area contributed by atoms with Gasteiger partial charge in [0.15, 0.2) is 0 Å². The molecule has 5 aromatic rings. The largest absolute Gasteiger partial charge is 0.493 e. The lowest BCUT2D eigenvalue weighted by atomic mass is 10.1. The molecule has 0 aliphatic carbocycles. The summed E-state index contributed by atoms with van der Waals surface area (Å²) in [6.45, 7) is 5.69. The van der Waals surface area contributed by atoms with Crippen LogP contribution in [0.4, 0.5) is 4.39 Å². The molecule has 0 saturated carbocycles. The van der Waals surface area contributed by atoms with Crippen LogP contribution in [-0.2, 0) is 9.53 Å². The van der Waals surface area contributed by atoms with Crippen LogP contribution in [0.2, 0.25) is 5.02 Å². The topological polar surface area (TPSA) is 88.1 Å². The van der Waals surface area contributed by atoms with Crippen LogP contribution in [0.15, 0.2) is 110 Å². The van der Waals surface area contributed by atoms with E-state index in [9.17, 15) is 18.8 Å². The van der Waals surface area contributed by atoms with Gasteiger partial charge in [0.1, 0.15) is 23.1 Å². The fourth-order valence-corrected chi connectivity index (χ4v) is 4.74. The number of halogens is 2. The van der Waals surface area contributed by atoms with Gasteiger partial charge in [-0.2, -0.15) is 0 Å². The maximum Gasteiger partial charge on any atom is 0.343 e. The van der Waals surface area contributed by atoms with Crippen LogP contribution < -0.4 is 14.2 Å². The summed E-state index contributed by atoms with van der Waals surface area (Å²) in [6.07, 6.45) is 1.65. The van der Waals surface area contributed by atoms with E-state index in [0.717, 1.165) is 16.8 Å². The lowest BCUT2D eigenvalue weighted by molar-refractivity contribution is -0.137. The van der Waals surface area contributed by atoms with Gasteiger partial charge in [-0.3, -0.25) is 0 Å². The minimum atomic E-state index is -0.585. The summed E-state index contributed by atoms with van der Waals surface area (Å²) < 4.78 is 35.3. The molecule has 0 spiro atoms. The zero-order valence-corrected chi connectivity index (χ0v) is 26.5. The van der Waals surface area contributed by atoms with Crippen molar-refractivity contribution in [1.29, 1.82) is 0 Å². The normalized spacial score (nSPS) is 10.4. The van der Waals surface area contributed by atoms with Crippen LogP contribution in [-0.4, -0.2) is 31.1 Å². The van der Waals surface area contributed by atoms with Gasteiger partial charge in [-0.15, -0.1) is 0 Å². The van der Waals surface area contributed by atoms with E-state index in [1.807, 2.05) is 12.1 Å². The number of benzene rings is 5. The molecule has 5 rings (SSSR count). The van der Waals surface area contributed by atoms with E-state index in [2.05, 4.69) is 18.4 Å². The fourth-order valence-electron chi connectivity index (χ4n) is 4.51. The third-order valence-corrected chi connectivity index (χ3v) is 7.13. The first-order chi connectivity index (χ1) is 23.2. The Kier molecular flexibility index (Phi) is 10.9. The number of ether oxygens (including phenoxy) is 4.